The summed E-state index contributed by atoms with van der Waals surface area (Å²) >= 11 is 0. The van der Waals surface area contributed by atoms with Crippen LogP contribution < -0.4 is 19.8 Å². The lowest BCUT2D eigenvalue weighted by Gasteiger charge is -2.09. The third-order valence-electron chi connectivity index (χ3n) is 4.62. The predicted octanol–water partition coefficient (Wildman–Crippen LogP) is 3.70. The number of rotatable bonds is 7. The number of para-hydroxylation sites is 1. The molecule has 31 heavy (non-hydrogen) atoms. The maximum absolute atomic E-state index is 12.6. The van der Waals surface area contributed by atoms with Crippen LogP contribution in [0.5, 0.6) is 17.2 Å². The number of nitrogens with zero attached hydrogens (tertiary/aromatic N) is 2. The first-order chi connectivity index (χ1) is 15.1. The second-order valence-electron chi connectivity index (χ2n) is 6.71. The Kier molecular flexibility index (Phi) is 5.93. The molecule has 7 nitrogen and oxygen atoms in total. The van der Waals surface area contributed by atoms with Crippen LogP contribution in [-0.2, 0) is 6.54 Å². The number of methoxy groups -OCH3 is 1. The normalized spacial score (nSPS) is 10.6. The molecule has 0 saturated heterocycles. The highest BCUT2D eigenvalue weighted by Crippen LogP contribution is 2.25. The molecule has 7 heteroatoms. The summed E-state index contributed by atoms with van der Waals surface area (Å²) in [4.78, 5) is 24.7. The van der Waals surface area contributed by atoms with Crippen molar-refractivity contribution in [1.82, 2.24) is 9.78 Å². The summed E-state index contributed by atoms with van der Waals surface area (Å²) in [7, 11) is 1.59. The number of ether oxygens (including phenoxy) is 3. The Hall–Kier alpha value is -4.13. The molecule has 0 saturated carbocycles. The lowest BCUT2D eigenvalue weighted by molar-refractivity contribution is 0.0725. The van der Waals surface area contributed by atoms with Crippen LogP contribution in [0, 0.1) is 0 Å². The molecule has 0 spiro atoms. The average molecular weight is 416 g/mol. The second-order valence-corrected chi connectivity index (χ2v) is 6.71. The van der Waals surface area contributed by atoms with E-state index in [-0.39, 0.29) is 24.4 Å². The molecule has 0 fully saturated rings. The highest BCUT2D eigenvalue weighted by atomic mass is 16.5. The Morgan fingerprint density at radius 3 is 2.39 bits per heavy atom. The van der Waals surface area contributed by atoms with Gasteiger partial charge in [-0.25, -0.2) is 9.48 Å². The van der Waals surface area contributed by atoms with Gasteiger partial charge in [0.25, 0.3) is 5.56 Å². The van der Waals surface area contributed by atoms with Crippen molar-refractivity contribution in [2.75, 3.05) is 13.7 Å². The number of carbonyl (C=O) groups excluding carboxylic acids is 1. The molecule has 156 valence electrons. The van der Waals surface area contributed by atoms with E-state index in [4.69, 9.17) is 14.2 Å². The van der Waals surface area contributed by atoms with Gasteiger partial charge in [0, 0.05) is 6.07 Å². The first-order valence-corrected chi connectivity index (χ1v) is 9.68. The van der Waals surface area contributed by atoms with Crippen LogP contribution in [0.25, 0.3) is 10.8 Å². The van der Waals surface area contributed by atoms with Crippen LogP contribution in [0.4, 0.5) is 0 Å². The van der Waals surface area contributed by atoms with Crippen LogP contribution in [0.15, 0.2) is 83.7 Å². The first kappa shape index (κ1) is 20.2. The van der Waals surface area contributed by atoms with Crippen molar-refractivity contribution < 1.29 is 19.0 Å². The topological polar surface area (TPSA) is 79.7 Å². The van der Waals surface area contributed by atoms with Crippen LogP contribution in [0.3, 0.4) is 0 Å². The predicted molar refractivity (Wildman–Crippen MR) is 116 cm³/mol. The number of aromatic nitrogens is 2. The SMILES string of the molecule is COc1ccc2ccc(OC(=O)c3ccc(=O)n(CCOc4ccccc4)n3)cc2c1. The van der Waals surface area contributed by atoms with E-state index in [0.29, 0.717) is 17.2 Å². The zero-order chi connectivity index (χ0) is 21.6. The molecule has 0 aliphatic carbocycles. The molecule has 0 unspecified atom stereocenters. The summed E-state index contributed by atoms with van der Waals surface area (Å²) in [5.41, 5.74) is -0.295. The summed E-state index contributed by atoms with van der Waals surface area (Å²) < 4.78 is 17.5. The quantitative estimate of drug-likeness (QED) is 0.338. The minimum absolute atomic E-state index is 0.0325. The van der Waals surface area contributed by atoms with E-state index >= 15 is 0 Å². The van der Waals surface area contributed by atoms with Gasteiger partial charge in [0.1, 0.15) is 23.9 Å². The summed E-state index contributed by atoms with van der Waals surface area (Å²) in [6.07, 6.45) is 0. The Morgan fingerprint density at radius 1 is 0.871 bits per heavy atom. The van der Waals surface area contributed by atoms with Crippen molar-refractivity contribution in [3.05, 3.63) is 94.9 Å². The molecular formula is C24H20N2O5. The monoisotopic (exact) mass is 416 g/mol. The minimum Gasteiger partial charge on any atom is -0.497 e. The zero-order valence-electron chi connectivity index (χ0n) is 16.9. The molecule has 1 heterocycles. The van der Waals surface area contributed by atoms with E-state index in [0.717, 1.165) is 10.8 Å². The lowest BCUT2D eigenvalue weighted by Crippen LogP contribution is -2.27. The summed E-state index contributed by atoms with van der Waals surface area (Å²) in [5, 5.41) is 5.99. The standard InChI is InChI=1S/C24H20N2O5/c1-29-20-9-7-17-8-10-21(16-18(17)15-20)31-24(28)22-11-12-23(27)26(25-22)13-14-30-19-5-3-2-4-6-19/h2-12,15-16H,13-14H2,1H3. The van der Waals surface area contributed by atoms with E-state index in [1.807, 2.05) is 54.6 Å². The molecule has 0 aliphatic rings. The maximum atomic E-state index is 12.6. The number of benzene rings is 3. The molecule has 0 atom stereocenters. The largest absolute Gasteiger partial charge is 0.497 e. The van der Waals surface area contributed by atoms with Crippen LogP contribution in [0.1, 0.15) is 10.5 Å². The summed E-state index contributed by atoms with van der Waals surface area (Å²) in [6.45, 7) is 0.437. The van der Waals surface area contributed by atoms with Gasteiger partial charge in [-0.05, 0) is 53.2 Å². The number of esters is 1. The van der Waals surface area contributed by atoms with Gasteiger partial charge in [-0.3, -0.25) is 4.79 Å². The summed E-state index contributed by atoms with van der Waals surface area (Å²) in [5.74, 6) is 1.12. The Morgan fingerprint density at radius 2 is 1.61 bits per heavy atom. The third-order valence-corrected chi connectivity index (χ3v) is 4.62. The maximum Gasteiger partial charge on any atom is 0.364 e. The lowest BCUT2D eigenvalue weighted by atomic mass is 10.1. The van der Waals surface area contributed by atoms with Crippen LogP contribution in [0.2, 0.25) is 0 Å². The molecule has 0 bridgehead atoms. The molecule has 4 rings (SSSR count). The fourth-order valence-electron chi connectivity index (χ4n) is 3.04. The Bertz CT molecular complexity index is 1270. The fraction of sp³-hybridized carbons (Fsp3) is 0.125. The molecule has 0 radical (unpaired) electrons. The molecule has 0 N–H and O–H groups in total. The van der Waals surface area contributed by atoms with E-state index in [1.54, 1.807) is 19.2 Å². The number of carbonyl (C=O) groups is 1. The molecule has 0 amide bonds. The number of hydrogen-bond acceptors (Lipinski definition) is 6. The average Bonchev–Trinajstić information content (AvgIpc) is 2.80. The van der Waals surface area contributed by atoms with Gasteiger partial charge >= 0.3 is 5.97 Å². The van der Waals surface area contributed by atoms with E-state index in [2.05, 4.69) is 5.10 Å². The fourth-order valence-corrected chi connectivity index (χ4v) is 3.04. The van der Waals surface area contributed by atoms with Gasteiger partial charge < -0.3 is 14.2 Å². The van der Waals surface area contributed by atoms with Crippen LogP contribution >= 0.6 is 0 Å². The molecular weight excluding hydrogens is 396 g/mol. The number of fused-ring (bicyclic) bond motifs is 1. The van der Waals surface area contributed by atoms with Gasteiger partial charge in [-0.1, -0.05) is 30.3 Å². The van der Waals surface area contributed by atoms with Crippen molar-refractivity contribution in [1.29, 1.82) is 0 Å². The van der Waals surface area contributed by atoms with Crippen molar-refractivity contribution >= 4 is 16.7 Å². The molecule has 1 aromatic heterocycles. The minimum atomic E-state index is -0.653. The zero-order valence-corrected chi connectivity index (χ0v) is 16.9. The van der Waals surface area contributed by atoms with Gasteiger partial charge in [-0.2, -0.15) is 5.10 Å². The molecule has 0 aliphatic heterocycles. The Labute approximate surface area is 178 Å². The van der Waals surface area contributed by atoms with Crippen molar-refractivity contribution in [3.63, 3.8) is 0 Å². The smallest absolute Gasteiger partial charge is 0.364 e. The van der Waals surface area contributed by atoms with Gasteiger partial charge in [0.2, 0.25) is 0 Å². The van der Waals surface area contributed by atoms with Crippen molar-refractivity contribution in [3.8, 4) is 17.2 Å². The van der Waals surface area contributed by atoms with E-state index in [1.165, 1.54) is 16.8 Å². The van der Waals surface area contributed by atoms with Crippen molar-refractivity contribution in [2.45, 2.75) is 6.54 Å². The van der Waals surface area contributed by atoms with Gasteiger partial charge in [0.05, 0.1) is 13.7 Å². The molecule has 4 aromatic rings. The Balaban J connectivity index is 1.46. The van der Waals surface area contributed by atoms with Gasteiger partial charge in [-0.15, -0.1) is 0 Å². The first-order valence-electron chi connectivity index (χ1n) is 9.68. The third kappa shape index (κ3) is 4.90. The van der Waals surface area contributed by atoms with Crippen molar-refractivity contribution in [2.24, 2.45) is 0 Å². The van der Waals surface area contributed by atoms with Crippen LogP contribution in [-0.4, -0.2) is 29.5 Å². The number of hydrogen-bond donors (Lipinski definition) is 0. The highest BCUT2D eigenvalue weighted by molar-refractivity contribution is 5.90. The van der Waals surface area contributed by atoms with E-state index < -0.39 is 5.97 Å². The highest BCUT2D eigenvalue weighted by Gasteiger charge is 2.13. The van der Waals surface area contributed by atoms with E-state index in [9.17, 15) is 9.59 Å². The molecule has 3 aromatic carbocycles. The van der Waals surface area contributed by atoms with Gasteiger partial charge in [0.15, 0.2) is 5.69 Å². The summed E-state index contributed by atoms with van der Waals surface area (Å²) in [6, 6.07) is 22.9. The second kappa shape index (κ2) is 9.13.